The summed E-state index contributed by atoms with van der Waals surface area (Å²) in [5.41, 5.74) is 1.12. The first-order chi connectivity index (χ1) is 9.56. The van der Waals surface area contributed by atoms with Crippen molar-refractivity contribution in [3.63, 3.8) is 0 Å². The highest BCUT2D eigenvalue weighted by molar-refractivity contribution is 6.42. The number of rotatable bonds is 6. The van der Waals surface area contributed by atoms with Gasteiger partial charge in [-0.2, -0.15) is 0 Å². The van der Waals surface area contributed by atoms with Crippen molar-refractivity contribution in [3.8, 4) is 0 Å². The Morgan fingerprint density at radius 2 is 2.10 bits per heavy atom. The van der Waals surface area contributed by atoms with Crippen LogP contribution >= 0.6 is 23.2 Å². The monoisotopic (exact) mass is 317 g/mol. The summed E-state index contributed by atoms with van der Waals surface area (Å²) in [6, 6.07) is 6.22. The Balaban J connectivity index is 1.94. The minimum absolute atomic E-state index is 0.111. The highest BCUT2D eigenvalue weighted by atomic mass is 35.5. The number of methoxy groups -OCH3 is 1. The molecule has 1 fully saturated rings. The van der Waals surface area contributed by atoms with E-state index in [1.165, 1.54) is 0 Å². The summed E-state index contributed by atoms with van der Waals surface area (Å²) in [4.78, 5) is 0. The Hall–Kier alpha value is -0.320. The van der Waals surface area contributed by atoms with E-state index in [0.29, 0.717) is 16.1 Å². The second-order valence-corrected chi connectivity index (χ2v) is 5.91. The van der Waals surface area contributed by atoms with Gasteiger partial charge in [-0.3, -0.25) is 0 Å². The molecule has 1 N–H and O–H groups in total. The van der Waals surface area contributed by atoms with E-state index in [4.69, 9.17) is 32.7 Å². The molecule has 3 nitrogen and oxygen atoms in total. The highest BCUT2D eigenvalue weighted by Crippen LogP contribution is 2.30. The zero-order valence-corrected chi connectivity index (χ0v) is 13.5. The van der Waals surface area contributed by atoms with Gasteiger partial charge in [0.15, 0.2) is 0 Å². The standard InChI is InChI=1S/C15H21Cl2NO2/c1-4-20-14-8-13(15(14)19-3)18-9(2)10-5-6-11(16)12(17)7-10/h5-7,9,13-15,18H,4,8H2,1-3H3. The Bertz CT molecular complexity index is 455. The summed E-state index contributed by atoms with van der Waals surface area (Å²) in [5, 5.41) is 4.73. The molecule has 1 aromatic rings. The summed E-state index contributed by atoms with van der Waals surface area (Å²) in [6.45, 7) is 4.84. The van der Waals surface area contributed by atoms with Crippen molar-refractivity contribution in [2.75, 3.05) is 13.7 Å². The minimum Gasteiger partial charge on any atom is -0.377 e. The molecule has 0 aliphatic heterocycles. The number of nitrogens with one attached hydrogen (secondary N) is 1. The van der Waals surface area contributed by atoms with Crippen molar-refractivity contribution in [2.24, 2.45) is 0 Å². The van der Waals surface area contributed by atoms with Gasteiger partial charge < -0.3 is 14.8 Å². The van der Waals surface area contributed by atoms with Crippen LogP contribution in [0.15, 0.2) is 18.2 Å². The highest BCUT2D eigenvalue weighted by Gasteiger charge is 2.42. The molecule has 1 aliphatic carbocycles. The van der Waals surface area contributed by atoms with E-state index in [1.54, 1.807) is 7.11 Å². The summed E-state index contributed by atoms with van der Waals surface area (Å²) in [5.74, 6) is 0. The van der Waals surface area contributed by atoms with Crippen molar-refractivity contribution in [2.45, 2.75) is 44.6 Å². The van der Waals surface area contributed by atoms with Crippen LogP contribution in [0.3, 0.4) is 0 Å². The van der Waals surface area contributed by atoms with Crippen molar-refractivity contribution >= 4 is 23.2 Å². The third kappa shape index (κ3) is 3.46. The van der Waals surface area contributed by atoms with Gasteiger partial charge in [0.25, 0.3) is 0 Å². The van der Waals surface area contributed by atoms with E-state index in [9.17, 15) is 0 Å². The maximum Gasteiger partial charge on any atom is 0.0987 e. The number of hydrogen-bond acceptors (Lipinski definition) is 3. The van der Waals surface area contributed by atoms with Gasteiger partial charge in [0, 0.05) is 25.8 Å². The molecular weight excluding hydrogens is 297 g/mol. The molecule has 1 aliphatic rings. The first-order valence-electron chi connectivity index (χ1n) is 6.92. The van der Waals surface area contributed by atoms with Gasteiger partial charge >= 0.3 is 0 Å². The molecule has 0 bridgehead atoms. The Kier molecular flexibility index (Phi) is 5.70. The minimum atomic E-state index is 0.111. The van der Waals surface area contributed by atoms with Gasteiger partial charge in [-0.25, -0.2) is 0 Å². The smallest absolute Gasteiger partial charge is 0.0987 e. The quantitative estimate of drug-likeness (QED) is 0.864. The Morgan fingerprint density at radius 1 is 1.35 bits per heavy atom. The molecule has 0 heterocycles. The molecule has 0 amide bonds. The summed E-state index contributed by atoms with van der Waals surface area (Å²) in [7, 11) is 1.73. The van der Waals surface area contributed by atoms with Gasteiger partial charge in [0.1, 0.15) is 0 Å². The van der Waals surface area contributed by atoms with Crippen molar-refractivity contribution in [3.05, 3.63) is 33.8 Å². The van der Waals surface area contributed by atoms with Gasteiger partial charge in [-0.05, 0) is 38.0 Å². The van der Waals surface area contributed by atoms with E-state index >= 15 is 0 Å². The first-order valence-corrected chi connectivity index (χ1v) is 7.67. The molecule has 1 saturated carbocycles. The first kappa shape index (κ1) is 16.1. The van der Waals surface area contributed by atoms with Crippen LogP contribution < -0.4 is 5.32 Å². The lowest BCUT2D eigenvalue weighted by Crippen LogP contribution is -2.60. The third-order valence-corrected chi connectivity index (χ3v) is 4.55. The van der Waals surface area contributed by atoms with E-state index in [1.807, 2.05) is 25.1 Å². The lowest BCUT2D eigenvalue weighted by molar-refractivity contribution is -0.133. The maximum atomic E-state index is 6.06. The maximum absolute atomic E-state index is 6.06. The van der Waals surface area contributed by atoms with Crippen LogP contribution in [0.1, 0.15) is 31.9 Å². The van der Waals surface area contributed by atoms with E-state index in [2.05, 4.69) is 12.2 Å². The Morgan fingerprint density at radius 3 is 2.70 bits per heavy atom. The average Bonchev–Trinajstić information content (AvgIpc) is 2.40. The average molecular weight is 318 g/mol. The van der Waals surface area contributed by atoms with Crippen LogP contribution in [0.2, 0.25) is 10.0 Å². The number of halogens is 2. The van der Waals surface area contributed by atoms with Crippen LogP contribution in [0.25, 0.3) is 0 Å². The molecule has 4 unspecified atom stereocenters. The van der Waals surface area contributed by atoms with Crippen molar-refractivity contribution < 1.29 is 9.47 Å². The van der Waals surface area contributed by atoms with Gasteiger partial charge in [0.2, 0.25) is 0 Å². The van der Waals surface area contributed by atoms with Crippen LogP contribution in [-0.4, -0.2) is 32.0 Å². The predicted octanol–water partition coefficient (Wildman–Crippen LogP) is 3.84. The lowest BCUT2D eigenvalue weighted by atomic mass is 9.84. The predicted molar refractivity (Wildman–Crippen MR) is 82.6 cm³/mol. The second-order valence-electron chi connectivity index (χ2n) is 5.10. The van der Waals surface area contributed by atoms with Gasteiger partial charge in [-0.15, -0.1) is 0 Å². The fourth-order valence-corrected chi connectivity index (χ4v) is 2.94. The van der Waals surface area contributed by atoms with E-state index in [-0.39, 0.29) is 18.2 Å². The second kappa shape index (κ2) is 7.10. The molecule has 0 saturated heterocycles. The molecule has 4 atom stereocenters. The molecule has 0 aromatic heterocycles. The fourth-order valence-electron chi connectivity index (χ4n) is 2.64. The summed E-state index contributed by atoms with van der Waals surface area (Å²) in [6.07, 6.45) is 1.28. The zero-order chi connectivity index (χ0) is 14.7. The zero-order valence-electron chi connectivity index (χ0n) is 12.0. The molecule has 1 aromatic carbocycles. The lowest BCUT2D eigenvalue weighted by Gasteiger charge is -2.44. The number of hydrogen-bond donors (Lipinski definition) is 1. The normalized spacial score (nSPS) is 27.1. The SMILES string of the molecule is CCOC1CC(NC(C)c2ccc(Cl)c(Cl)c2)C1OC. The molecule has 5 heteroatoms. The number of benzene rings is 1. The van der Waals surface area contributed by atoms with Crippen LogP contribution in [0.4, 0.5) is 0 Å². The van der Waals surface area contributed by atoms with E-state index in [0.717, 1.165) is 18.6 Å². The van der Waals surface area contributed by atoms with Crippen LogP contribution in [-0.2, 0) is 9.47 Å². The van der Waals surface area contributed by atoms with Crippen molar-refractivity contribution in [1.82, 2.24) is 5.32 Å². The summed E-state index contributed by atoms with van der Waals surface area (Å²) < 4.78 is 11.1. The summed E-state index contributed by atoms with van der Waals surface area (Å²) >= 11 is 12.0. The molecular formula is C15H21Cl2NO2. The molecule has 0 radical (unpaired) electrons. The Labute approximate surface area is 130 Å². The van der Waals surface area contributed by atoms with Crippen LogP contribution in [0.5, 0.6) is 0 Å². The van der Waals surface area contributed by atoms with Gasteiger partial charge in [-0.1, -0.05) is 29.3 Å². The third-order valence-electron chi connectivity index (χ3n) is 3.81. The van der Waals surface area contributed by atoms with Crippen molar-refractivity contribution in [1.29, 1.82) is 0 Å². The fraction of sp³-hybridized carbons (Fsp3) is 0.600. The topological polar surface area (TPSA) is 30.5 Å². The molecule has 2 rings (SSSR count). The van der Waals surface area contributed by atoms with Gasteiger partial charge in [0.05, 0.1) is 22.3 Å². The molecule has 0 spiro atoms. The van der Waals surface area contributed by atoms with Crippen LogP contribution in [0, 0.1) is 0 Å². The largest absolute Gasteiger partial charge is 0.377 e. The molecule has 112 valence electrons. The van der Waals surface area contributed by atoms with E-state index < -0.39 is 0 Å². The number of ether oxygens (including phenoxy) is 2. The molecule has 20 heavy (non-hydrogen) atoms.